The van der Waals surface area contributed by atoms with Gasteiger partial charge in [-0.3, -0.25) is 0 Å². The molecule has 1 rings (SSSR count). The number of aromatic nitrogens is 2. The first kappa shape index (κ1) is 8.60. The average Bonchev–Trinajstić information content (AvgIpc) is 2.30. The second-order valence-electron chi connectivity index (χ2n) is 2.99. The van der Waals surface area contributed by atoms with Crippen LogP contribution in [-0.2, 0) is 12.9 Å². The van der Waals surface area contributed by atoms with Crippen molar-refractivity contribution in [3.8, 4) is 0 Å². The molecule has 11 heavy (non-hydrogen) atoms. The second-order valence-corrected chi connectivity index (χ2v) is 3.26. The van der Waals surface area contributed by atoms with Crippen molar-refractivity contribution in [3.63, 3.8) is 0 Å². The molecule has 0 radical (unpaired) electrons. The fourth-order valence-corrected chi connectivity index (χ4v) is 1.27. The Morgan fingerprint density at radius 2 is 2.27 bits per heavy atom. The average molecular weight is 173 g/mol. The van der Waals surface area contributed by atoms with Gasteiger partial charge in [0.2, 0.25) is 0 Å². The second kappa shape index (κ2) is 3.26. The van der Waals surface area contributed by atoms with E-state index in [1.54, 1.807) is 0 Å². The van der Waals surface area contributed by atoms with Crippen LogP contribution in [0.4, 0.5) is 0 Å². The minimum atomic E-state index is 0.469. The van der Waals surface area contributed by atoms with Crippen LogP contribution >= 0.6 is 11.6 Å². The number of imidazole rings is 1. The highest BCUT2D eigenvalue weighted by atomic mass is 35.5. The van der Waals surface area contributed by atoms with Gasteiger partial charge < -0.3 is 4.57 Å². The number of rotatable bonds is 2. The molecular weight excluding hydrogens is 160 g/mol. The van der Waals surface area contributed by atoms with Gasteiger partial charge in [-0.25, -0.2) is 4.98 Å². The van der Waals surface area contributed by atoms with Crippen LogP contribution in [0.2, 0.25) is 0 Å². The molecule has 1 aromatic heterocycles. The topological polar surface area (TPSA) is 17.8 Å². The van der Waals surface area contributed by atoms with Gasteiger partial charge in [-0.1, -0.05) is 13.8 Å². The van der Waals surface area contributed by atoms with Crippen molar-refractivity contribution in [3.05, 3.63) is 17.7 Å². The Morgan fingerprint density at radius 1 is 1.64 bits per heavy atom. The van der Waals surface area contributed by atoms with Gasteiger partial charge in [0.1, 0.15) is 5.82 Å². The molecule has 0 atom stereocenters. The zero-order valence-electron chi connectivity index (χ0n) is 7.13. The van der Waals surface area contributed by atoms with Crippen molar-refractivity contribution in [1.29, 1.82) is 0 Å². The van der Waals surface area contributed by atoms with Gasteiger partial charge in [0, 0.05) is 19.2 Å². The maximum Gasteiger partial charge on any atom is 0.111 e. The summed E-state index contributed by atoms with van der Waals surface area (Å²) >= 11 is 5.64. The fourth-order valence-electron chi connectivity index (χ4n) is 1.15. The van der Waals surface area contributed by atoms with Crippen LogP contribution in [0.1, 0.15) is 31.3 Å². The SMILES string of the molecule is CC(C)c1nc(CCl)cn1C. The molecule has 0 aliphatic carbocycles. The van der Waals surface area contributed by atoms with Gasteiger partial charge in [0.05, 0.1) is 11.6 Å². The quantitative estimate of drug-likeness (QED) is 0.626. The predicted octanol–water partition coefficient (Wildman–Crippen LogP) is 2.28. The third-order valence-corrected chi connectivity index (χ3v) is 1.89. The minimum absolute atomic E-state index is 0.469. The number of hydrogen-bond donors (Lipinski definition) is 0. The van der Waals surface area contributed by atoms with E-state index >= 15 is 0 Å². The van der Waals surface area contributed by atoms with Gasteiger partial charge in [-0.05, 0) is 0 Å². The molecule has 0 aliphatic rings. The van der Waals surface area contributed by atoms with E-state index in [1.165, 1.54) is 0 Å². The van der Waals surface area contributed by atoms with E-state index in [0.29, 0.717) is 11.8 Å². The Kier molecular flexibility index (Phi) is 2.55. The summed E-state index contributed by atoms with van der Waals surface area (Å²) in [4.78, 5) is 4.36. The van der Waals surface area contributed by atoms with Crippen molar-refractivity contribution in [2.24, 2.45) is 7.05 Å². The Hall–Kier alpha value is -0.500. The lowest BCUT2D eigenvalue weighted by molar-refractivity contribution is 0.710. The van der Waals surface area contributed by atoms with Gasteiger partial charge in [-0.15, -0.1) is 11.6 Å². The van der Waals surface area contributed by atoms with Gasteiger partial charge in [0.15, 0.2) is 0 Å². The third-order valence-electron chi connectivity index (χ3n) is 1.62. The summed E-state index contributed by atoms with van der Waals surface area (Å²) in [5.41, 5.74) is 0.956. The number of nitrogens with zero attached hydrogens (tertiary/aromatic N) is 2. The Bertz CT molecular complexity index is 240. The standard InChI is InChI=1S/C8H13ClN2/c1-6(2)8-10-7(4-9)5-11(8)3/h5-6H,4H2,1-3H3. The first-order valence-electron chi connectivity index (χ1n) is 3.73. The van der Waals surface area contributed by atoms with E-state index in [0.717, 1.165) is 11.5 Å². The molecule has 0 bridgehead atoms. The maximum atomic E-state index is 5.64. The summed E-state index contributed by atoms with van der Waals surface area (Å²) in [5.74, 6) is 2.07. The predicted molar refractivity (Wildman–Crippen MR) is 46.9 cm³/mol. The van der Waals surface area contributed by atoms with E-state index < -0.39 is 0 Å². The molecule has 0 aliphatic heterocycles. The molecule has 0 N–H and O–H groups in total. The van der Waals surface area contributed by atoms with Crippen molar-refractivity contribution in [2.45, 2.75) is 25.6 Å². The summed E-state index contributed by atoms with van der Waals surface area (Å²) in [6.45, 7) is 4.25. The van der Waals surface area contributed by atoms with Crippen LogP contribution in [0.25, 0.3) is 0 Å². The summed E-state index contributed by atoms with van der Waals surface area (Å²) < 4.78 is 2.03. The number of alkyl halides is 1. The first-order chi connectivity index (χ1) is 5.15. The molecule has 62 valence electrons. The van der Waals surface area contributed by atoms with Crippen molar-refractivity contribution < 1.29 is 0 Å². The van der Waals surface area contributed by atoms with E-state index in [1.807, 2.05) is 17.8 Å². The largest absolute Gasteiger partial charge is 0.337 e. The Morgan fingerprint density at radius 3 is 2.55 bits per heavy atom. The van der Waals surface area contributed by atoms with Crippen molar-refractivity contribution >= 4 is 11.6 Å². The van der Waals surface area contributed by atoms with Crippen molar-refractivity contribution in [2.75, 3.05) is 0 Å². The van der Waals surface area contributed by atoms with Gasteiger partial charge >= 0.3 is 0 Å². The zero-order valence-corrected chi connectivity index (χ0v) is 7.89. The molecule has 0 fully saturated rings. The van der Waals surface area contributed by atoms with E-state index in [9.17, 15) is 0 Å². The molecule has 1 heterocycles. The third kappa shape index (κ3) is 1.74. The molecule has 3 heteroatoms. The zero-order chi connectivity index (χ0) is 8.43. The molecule has 0 saturated carbocycles. The molecule has 0 saturated heterocycles. The van der Waals surface area contributed by atoms with Crippen LogP contribution < -0.4 is 0 Å². The minimum Gasteiger partial charge on any atom is -0.337 e. The first-order valence-corrected chi connectivity index (χ1v) is 4.26. The van der Waals surface area contributed by atoms with Crippen molar-refractivity contribution in [1.82, 2.24) is 9.55 Å². The maximum absolute atomic E-state index is 5.64. The lowest BCUT2D eigenvalue weighted by Gasteiger charge is -2.02. The number of halogens is 1. The van der Waals surface area contributed by atoms with Crippen LogP contribution in [0.15, 0.2) is 6.20 Å². The molecule has 1 aromatic rings. The number of hydrogen-bond acceptors (Lipinski definition) is 1. The summed E-state index contributed by atoms with van der Waals surface area (Å²) in [7, 11) is 2.00. The molecule has 0 aromatic carbocycles. The molecule has 2 nitrogen and oxygen atoms in total. The lowest BCUT2D eigenvalue weighted by Crippen LogP contribution is -1.98. The van der Waals surface area contributed by atoms with E-state index in [4.69, 9.17) is 11.6 Å². The normalized spacial score (nSPS) is 11.0. The number of aryl methyl sites for hydroxylation is 1. The monoisotopic (exact) mass is 172 g/mol. The molecule has 0 unspecified atom stereocenters. The Labute approximate surface area is 72.2 Å². The molecular formula is C8H13ClN2. The van der Waals surface area contributed by atoms with Crippen LogP contribution in [0.5, 0.6) is 0 Å². The Balaban J connectivity index is 2.97. The molecule has 0 spiro atoms. The lowest BCUT2D eigenvalue weighted by atomic mass is 10.2. The molecule has 0 amide bonds. The smallest absolute Gasteiger partial charge is 0.111 e. The summed E-state index contributed by atoms with van der Waals surface area (Å²) in [5, 5.41) is 0. The van der Waals surface area contributed by atoms with E-state index in [-0.39, 0.29) is 0 Å². The van der Waals surface area contributed by atoms with Gasteiger partial charge in [0.25, 0.3) is 0 Å². The highest BCUT2D eigenvalue weighted by Gasteiger charge is 2.07. The summed E-state index contributed by atoms with van der Waals surface area (Å²) in [6.07, 6.45) is 1.97. The van der Waals surface area contributed by atoms with Crippen LogP contribution in [0, 0.1) is 0 Å². The van der Waals surface area contributed by atoms with E-state index in [2.05, 4.69) is 18.8 Å². The van der Waals surface area contributed by atoms with Crippen LogP contribution in [0.3, 0.4) is 0 Å². The highest BCUT2D eigenvalue weighted by Crippen LogP contribution is 2.13. The van der Waals surface area contributed by atoms with Gasteiger partial charge in [-0.2, -0.15) is 0 Å². The fraction of sp³-hybridized carbons (Fsp3) is 0.625. The summed E-state index contributed by atoms with van der Waals surface area (Å²) in [6, 6.07) is 0. The van der Waals surface area contributed by atoms with Crippen LogP contribution in [-0.4, -0.2) is 9.55 Å². The highest BCUT2D eigenvalue weighted by molar-refractivity contribution is 6.16.